The summed E-state index contributed by atoms with van der Waals surface area (Å²) in [5, 5.41) is 11.7. The summed E-state index contributed by atoms with van der Waals surface area (Å²) in [6.07, 6.45) is 1.58. The SMILES string of the molecule is CS(=O)(=O)O.OC1CCNC1. The number of hydrogen-bond acceptors (Lipinski definition) is 4. The van der Waals surface area contributed by atoms with Gasteiger partial charge in [0.25, 0.3) is 10.1 Å². The number of aliphatic hydroxyl groups is 1. The minimum absolute atomic E-state index is 0.0648. The largest absolute Gasteiger partial charge is 0.392 e. The lowest BCUT2D eigenvalue weighted by atomic mass is 10.3. The van der Waals surface area contributed by atoms with Crippen LogP contribution in [0.1, 0.15) is 6.42 Å². The first-order valence-electron chi connectivity index (χ1n) is 3.21. The third kappa shape index (κ3) is 12.9. The van der Waals surface area contributed by atoms with E-state index < -0.39 is 10.1 Å². The Morgan fingerprint density at radius 1 is 1.55 bits per heavy atom. The first-order valence-corrected chi connectivity index (χ1v) is 5.05. The van der Waals surface area contributed by atoms with Gasteiger partial charge in [0.2, 0.25) is 0 Å². The van der Waals surface area contributed by atoms with E-state index in [0.717, 1.165) is 19.5 Å². The molecule has 0 aromatic rings. The maximum absolute atomic E-state index is 9.19. The quantitative estimate of drug-likeness (QED) is 0.413. The third-order valence-electron chi connectivity index (χ3n) is 1.03. The van der Waals surface area contributed by atoms with Gasteiger partial charge in [0.1, 0.15) is 0 Å². The van der Waals surface area contributed by atoms with Crippen molar-refractivity contribution in [3.05, 3.63) is 0 Å². The highest BCUT2D eigenvalue weighted by Crippen LogP contribution is 1.93. The molecule has 0 saturated carbocycles. The van der Waals surface area contributed by atoms with Crippen LogP contribution in [0.4, 0.5) is 0 Å². The van der Waals surface area contributed by atoms with Crippen molar-refractivity contribution in [3.8, 4) is 0 Å². The lowest BCUT2D eigenvalue weighted by molar-refractivity contribution is 0.196. The maximum atomic E-state index is 9.19. The summed E-state index contributed by atoms with van der Waals surface area (Å²) in [4.78, 5) is 0. The molecule has 0 aromatic heterocycles. The van der Waals surface area contributed by atoms with E-state index in [4.69, 9.17) is 9.66 Å². The smallest absolute Gasteiger partial charge is 0.261 e. The Labute approximate surface area is 66.2 Å². The molecular weight excluding hydrogens is 170 g/mol. The summed E-state index contributed by atoms with van der Waals surface area (Å²) in [6.45, 7) is 1.78. The fourth-order valence-corrected chi connectivity index (χ4v) is 0.639. The molecule has 0 radical (unpaired) electrons. The van der Waals surface area contributed by atoms with Crippen LogP contribution in [-0.4, -0.2) is 43.5 Å². The molecule has 6 heteroatoms. The molecule has 11 heavy (non-hydrogen) atoms. The highest BCUT2D eigenvalue weighted by molar-refractivity contribution is 7.85. The standard InChI is InChI=1S/C4H9NO.CH4O3S/c6-4-1-2-5-3-4;1-5(2,3)4/h4-6H,1-3H2;1H3,(H,2,3,4). The van der Waals surface area contributed by atoms with Gasteiger partial charge in [-0.3, -0.25) is 4.55 Å². The lowest BCUT2D eigenvalue weighted by Crippen LogP contribution is -2.11. The molecule has 5 nitrogen and oxygen atoms in total. The van der Waals surface area contributed by atoms with Crippen molar-refractivity contribution in [2.75, 3.05) is 19.3 Å². The monoisotopic (exact) mass is 183 g/mol. The van der Waals surface area contributed by atoms with Gasteiger partial charge in [-0.25, -0.2) is 0 Å². The number of hydrogen-bond donors (Lipinski definition) is 3. The molecule has 1 aliphatic rings. The Bertz CT molecular complexity index is 175. The van der Waals surface area contributed by atoms with Gasteiger partial charge in [-0.15, -0.1) is 0 Å². The fourth-order valence-electron chi connectivity index (χ4n) is 0.639. The van der Waals surface area contributed by atoms with Crippen molar-refractivity contribution in [1.29, 1.82) is 0 Å². The van der Waals surface area contributed by atoms with Crippen LogP contribution in [0, 0.1) is 0 Å². The average molecular weight is 183 g/mol. The van der Waals surface area contributed by atoms with Crippen LogP contribution >= 0.6 is 0 Å². The molecule has 1 fully saturated rings. The summed E-state index contributed by atoms with van der Waals surface area (Å²) in [6, 6.07) is 0. The summed E-state index contributed by atoms with van der Waals surface area (Å²) in [7, 11) is -3.67. The van der Waals surface area contributed by atoms with E-state index in [1.165, 1.54) is 0 Å². The molecule has 1 atom stereocenters. The van der Waals surface area contributed by atoms with Gasteiger partial charge in [-0.1, -0.05) is 0 Å². The summed E-state index contributed by atoms with van der Waals surface area (Å²) in [5.41, 5.74) is 0. The van der Waals surface area contributed by atoms with Gasteiger partial charge in [0.15, 0.2) is 0 Å². The molecule has 68 valence electrons. The minimum atomic E-state index is -3.67. The molecule has 0 spiro atoms. The molecule has 0 amide bonds. The van der Waals surface area contributed by atoms with E-state index in [-0.39, 0.29) is 6.10 Å². The molecule has 1 unspecified atom stereocenters. The zero-order chi connectivity index (χ0) is 8.91. The second-order valence-electron chi connectivity index (χ2n) is 2.38. The van der Waals surface area contributed by atoms with Crippen LogP contribution in [-0.2, 0) is 10.1 Å². The Morgan fingerprint density at radius 3 is 2.09 bits per heavy atom. The van der Waals surface area contributed by atoms with Gasteiger partial charge in [-0.05, 0) is 13.0 Å². The van der Waals surface area contributed by atoms with Gasteiger partial charge in [0.05, 0.1) is 12.4 Å². The average Bonchev–Trinajstić information content (AvgIpc) is 2.12. The molecule has 0 aromatic carbocycles. The fraction of sp³-hybridized carbons (Fsp3) is 1.00. The highest BCUT2D eigenvalue weighted by Gasteiger charge is 2.08. The normalized spacial score (nSPS) is 24.1. The zero-order valence-electron chi connectivity index (χ0n) is 6.32. The maximum Gasteiger partial charge on any atom is 0.261 e. The Balaban J connectivity index is 0.000000187. The molecule has 1 rings (SSSR count). The second-order valence-corrected chi connectivity index (χ2v) is 3.85. The Kier molecular flexibility index (Phi) is 4.58. The Hall–Kier alpha value is -0.170. The predicted octanol–water partition coefficient (Wildman–Crippen LogP) is -1.16. The van der Waals surface area contributed by atoms with Gasteiger partial charge in [0, 0.05) is 6.54 Å². The van der Waals surface area contributed by atoms with Crippen LogP contribution < -0.4 is 5.32 Å². The molecule has 0 aliphatic carbocycles. The summed E-state index contributed by atoms with van der Waals surface area (Å²) >= 11 is 0. The topological polar surface area (TPSA) is 86.6 Å². The summed E-state index contributed by atoms with van der Waals surface area (Å²) < 4.78 is 25.9. The van der Waals surface area contributed by atoms with Gasteiger partial charge < -0.3 is 10.4 Å². The molecular formula is C5H13NO4S. The zero-order valence-corrected chi connectivity index (χ0v) is 7.13. The number of β-amino-alcohol motifs (C(OH)–C–C–N with tert-alkyl or cyclic N) is 1. The van der Waals surface area contributed by atoms with Gasteiger partial charge in [-0.2, -0.15) is 8.42 Å². The first-order chi connectivity index (χ1) is 4.89. The Morgan fingerprint density at radius 2 is 2.00 bits per heavy atom. The van der Waals surface area contributed by atoms with Crippen molar-refractivity contribution in [2.24, 2.45) is 0 Å². The van der Waals surface area contributed by atoms with E-state index in [0.29, 0.717) is 6.26 Å². The van der Waals surface area contributed by atoms with Crippen LogP contribution in [0.3, 0.4) is 0 Å². The van der Waals surface area contributed by atoms with Crippen LogP contribution in [0.5, 0.6) is 0 Å². The predicted molar refractivity (Wildman–Crippen MR) is 41.0 cm³/mol. The lowest BCUT2D eigenvalue weighted by Gasteiger charge is -1.90. The van der Waals surface area contributed by atoms with Crippen LogP contribution in [0.15, 0.2) is 0 Å². The molecule has 1 heterocycles. The number of aliphatic hydroxyl groups excluding tert-OH is 1. The van der Waals surface area contributed by atoms with Crippen molar-refractivity contribution in [3.63, 3.8) is 0 Å². The summed E-state index contributed by atoms with van der Waals surface area (Å²) in [5.74, 6) is 0. The van der Waals surface area contributed by atoms with E-state index in [2.05, 4.69) is 5.32 Å². The van der Waals surface area contributed by atoms with Crippen molar-refractivity contribution in [1.82, 2.24) is 5.32 Å². The van der Waals surface area contributed by atoms with E-state index in [9.17, 15) is 8.42 Å². The number of rotatable bonds is 0. The second kappa shape index (κ2) is 4.66. The van der Waals surface area contributed by atoms with E-state index in [1.54, 1.807) is 0 Å². The van der Waals surface area contributed by atoms with Crippen molar-refractivity contribution < 1.29 is 18.1 Å². The number of nitrogens with one attached hydrogen (secondary N) is 1. The van der Waals surface area contributed by atoms with E-state index >= 15 is 0 Å². The minimum Gasteiger partial charge on any atom is -0.392 e. The van der Waals surface area contributed by atoms with Crippen molar-refractivity contribution >= 4 is 10.1 Å². The molecule has 1 saturated heterocycles. The van der Waals surface area contributed by atoms with Crippen molar-refractivity contribution in [2.45, 2.75) is 12.5 Å². The first kappa shape index (κ1) is 10.8. The highest BCUT2D eigenvalue weighted by atomic mass is 32.2. The molecule has 1 aliphatic heterocycles. The molecule has 0 bridgehead atoms. The van der Waals surface area contributed by atoms with Crippen LogP contribution in [0.2, 0.25) is 0 Å². The van der Waals surface area contributed by atoms with E-state index in [1.807, 2.05) is 0 Å². The van der Waals surface area contributed by atoms with Gasteiger partial charge >= 0.3 is 0 Å². The molecule has 3 N–H and O–H groups in total. The third-order valence-corrected chi connectivity index (χ3v) is 1.03. The van der Waals surface area contributed by atoms with Crippen LogP contribution in [0.25, 0.3) is 0 Å².